The number of fused-ring (bicyclic) bond motifs is 2. The second-order valence-corrected chi connectivity index (χ2v) is 4.69. The van der Waals surface area contributed by atoms with Crippen molar-refractivity contribution in [3.05, 3.63) is 35.9 Å². The van der Waals surface area contributed by atoms with Gasteiger partial charge in [0, 0.05) is 0 Å². The molecule has 1 heterocycles. The minimum Gasteiger partial charge on any atom is -0.316 e. The average molecular weight is 187 g/mol. The van der Waals surface area contributed by atoms with Crippen LogP contribution in [-0.2, 0) is 0 Å². The maximum absolute atomic E-state index is 3.55. The highest BCUT2D eigenvalue weighted by Gasteiger charge is 2.39. The van der Waals surface area contributed by atoms with E-state index in [-0.39, 0.29) is 0 Å². The molecule has 0 radical (unpaired) electrons. The molecule has 74 valence electrons. The molecule has 1 heteroatoms. The van der Waals surface area contributed by atoms with Gasteiger partial charge in [-0.3, -0.25) is 0 Å². The molecule has 1 aromatic rings. The van der Waals surface area contributed by atoms with Gasteiger partial charge in [0.15, 0.2) is 0 Å². The van der Waals surface area contributed by atoms with E-state index >= 15 is 0 Å². The molecule has 1 aliphatic carbocycles. The van der Waals surface area contributed by atoms with Crippen molar-refractivity contribution in [3.8, 4) is 0 Å². The van der Waals surface area contributed by atoms with Crippen LogP contribution in [0.2, 0.25) is 0 Å². The molecule has 1 nitrogen and oxygen atoms in total. The monoisotopic (exact) mass is 187 g/mol. The highest BCUT2D eigenvalue weighted by atomic mass is 14.9. The van der Waals surface area contributed by atoms with Crippen LogP contribution in [-0.4, -0.2) is 13.1 Å². The van der Waals surface area contributed by atoms with Gasteiger partial charge >= 0.3 is 0 Å². The van der Waals surface area contributed by atoms with Crippen LogP contribution < -0.4 is 5.32 Å². The molecule has 1 N–H and O–H groups in total. The quantitative estimate of drug-likeness (QED) is 0.712. The summed E-state index contributed by atoms with van der Waals surface area (Å²) in [7, 11) is 0. The SMILES string of the molecule is c1ccc(C2[C@@H]3CC[C@H]2CNC3)cc1. The average Bonchev–Trinajstić information content (AvgIpc) is 2.50. The Morgan fingerprint density at radius 3 is 2.21 bits per heavy atom. The Kier molecular flexibility index (Phi) is 2.06. The van der Waals surface area contributed by atoms with Crippen LogP contribution in [0.1, 0.15) is 24.3 Å². The number of piperidine rings is 1. The fraction of sp³-hybridized carbons (Fsp3) is 0.538. The van der Waals surface area contributed by atoms with Crippen molar-refractivity contribution in [1.82, 2.24) is 5.32 Å². The van der Waals surface area contributed by atoms with Gasteiger partial charge in [-0.25, -0.2) is 0 Å². The summed E-state index contributed by atoms with van der Waals surface area (Å²) in [5.41, 5.74) is 1.57. The van der Waals surface area contributed by atoms with Crippen LogP contribution in [0.25, 0.3) is 0 Å². The minimum absolute atomic E-state index is 0.845. The van der Waals surface area contributed by atoms with Crippen LogP contribution in [0.3, 0.4) is 0 Å². The standard InChI is InChI=1S/C13H17N/c1-2-4-10(5-3-1)13-11-6-7-12(13)9-14-8-11/h1-5,11-14H,6-9H2/t11-,12+,13?. The summed E-state index contributed by atoms with van der Waals surface area (Å²) in [6, 6.07) is 11.1. The van der Waals surface area contributed by atoms with Crippen molar-refractivity contribution in [2.24, 2.45) is 11.8 Å². The zero-order chi connectivity index (χ0) is 9.38. The third-order valence-electron chi connectivity index (χ3n) is 3.92. The lowest BCUT2D eigenvalue weighted by Gasteiger charge is -2.31. The number of benzene rings is 1. The Hall–Kier alpha value is -0.820. The summed E-state index contributed by atoms with van der Waals surface area (Å²) in [4.78, 5) is 0. The van der Waals surface area contributed by atoms with Crippen molar-refractivity contribution in [3.63, 3.8) is 0 Å². The van der Waals surface area contributed by atoms with Crippen LogP contribution in [0.4, 0.5) is 0 Å². The summed E-state index contributed by atoms with van der Waals surface area (Å²) in [5.74, 6) is 2.64. The zero-order valence-corrected chi connectivity index (χ0v) is 8.45. The van der Waals surface area contributed by atoms with Crippen LogP contribution in [0, 0.1) is 11.8 Å². The van der Waals surface area contributed by atoms with Crippen LogP contribution >= 0.6 is 0 Å². The van der Waals surface area contributed by atoms with Gasteiger partial charge in [-0.1, -0.05) is 30.3 Å². The van der Waals surface area contributed by atoms with Crippen molar-refractivity contribution in [2.45, 2.75) is 18.8 Å². The normalized spacial score (nSPS) is 35.9. The Morgan fingerprint density at radius 1 is 0.929 bits per heavy atom. The van der Waals surface area contributed by atoms with Gasteiger partial charge < -0.3 is 5.32 Å². The van der Waals surface area contributed by atoms with Gasteiger partial charge in [-0.15, -0.1) is 0 Å². The Labute approximate surface area is 85.5 Å². The molecule has 1 saturated heterocycles. The Morgan fingerprint density at radius 2 is 1.57 bits per heavy atom. The van der Waals surface area contributed by atoms with Gasteiger partial charge in [0.1, 0.15) is 0 Å². The van der Waals surface area contributed by atoms with Gasteiger partial charge in [0.2, 0.25) is 0 Å². The van der Waals surface area contributed by atoms with E-state index in [0.717, 1.165) is 17.8 Å². The van der Waals surface area contributed by atoms with Crippen molar-refractivity contribution in [2.75, 3.05) is 13.1 Å². The lowest BCUT2D eigenvalue weighted by molar-refractivity contribution is 0.323. The molecule has 1 aliphatic heterocycles. The van der Waals surface area contributed by atoms with Gasteiger partial charge in [0.05, 0.1) is 0 Å². The van der Waals surface area contributed by atoms with E-state index in [1.54, 1.807) is 5.56 Å². The Bertz CT molecular complexity index is 290. The summed E-state index contributed by atoms with van der Waals surface area (Å²) < 4.78 is 0. The summed E-state index contributed by atoms with van der Waals surface area (Å²) >= 11 is 0. The van der Waals surface area contributed by atoms with E-state index in [4.69, 9.17) is 0 Å². The summed E-state index contributed by atoms with van der Waals surface area (Å²) in [6.45, 7) is 2.46. The maximum atomic E-state index is 3.55. The number of rotatable bonds is 1. The molecule has 0 spiro atoms. The topological polar surface area (TPSA) is 12.0 Å². The second kappa shape index (κ2) is 3.39. The van der Waals surface area contributed by atoms with E-state index < -0.39 is 0 Å². The highest BCUT2D eigenvalue weighted by Crippen LogP contribution is 2.45. The molecule has 14 heavy (non-hydrogen) atoms. The lowest BCUT2D eigenvalue weighted by atomic mass is 9.81. The van der Waals surface area contributed by atoms with Crippen molar-refractivity contribution >= 4 is 0 Å². The van der Waals surface area contributed by atoms with Crippen LogP contribution in [0.5, 0.6) is 0 Å². The summed E-state index contributed by atoms with van der Waals surface area (Å²) in [5, 5.41) is 3.55. The molecule has 1 saturated carbocycles. The third kappa shape index (κ3) is 1.27. The number of hydrogen-bond acceptors (Lipinski definition) is 1. The molecule has 0 aromatic heterocycles. The maximum Gasteiger partial charge on any atom is -0.00144 e. The smallest absolute Gasteiger partial charge is 0.00144 e. The van der Waals surface area contributed by atoms with Crippen molar-refractivity contribution in [1.29, 1.82) is 0 Å². The fourth-order valence-electron chi connectivity index (χ4n) is 3.30. The molecule has 0 amide bonds. The molecule has 2 aliphatic rings. The molecule has 2 fully saturated rings. The van der Waals surface area contributed by atoms with Gasteiger partial charge in [0.25, 0.3) is 0 Å². The number of nitrogens with one attached hydrogen (secondary N) is 1. The molecule has 3 atom stereocenters. The first-order chi connectivity index (χ1) is 6.95. The highest BCUT2D eigenvalue weighted by molar-refractivity contribution is 5.23. The molecule has 1 unspecified atom stereocenters. The minimum atomic E-state index is 0.845. The summed E-state index contributed by atoms with van der Waals surface area (Å²) in [6.07, 6.45) is 2.86. The predicted octanol–water partition coefficient (Wildman–Crippen LogP) is 2.40. The molecular weight excluding hydrogens is 170 g/mol. The first kappa shape index (κ1) is 8.49. The lowest BCUT2D eigenvalue weighted by Crippen LogP contribution is -2.36. The first-order valence-corrected chi connectivity index (χ1v) is 5.71. The second-order valence-electron chi connectivity index (χ2n) is 4.69. The van der Waals surface area contributed by atoms with E-state index in [2.05, 4.69) is 35.6 Å². The zero-order valence-electron chi connectivity index (χ0n) is 8.45. The molecule has 3 rings (SSSR count). The van der Waals surface area contributed by atoms with E-state index in [9.17, 15) is 0 Å². The Balaban J connectivity index is 1.92. The van der Waals surface area contributed by atoms with Crippen molar-refractivity contribution < 1.29 is 0 Å². The fourth-order valence-corrected chi connectivity index (χ4v) is 3.30. The molecular formula is C13H17N. The van der Waals surface area contributed by atoms with E-state index in [1.807, 2.05) is 0 Å². The number of hydrogen-bond donors (Lipinski definition) is 1. The first-order valence-electron chi connectivity index (χ1n) is 5.71. The van der Waals surface area contributed by atoms with Gasteiger partial charge in [-0.05, 0) is 49.2 Å². The third-order valence-corrected chi connectivity index (χ3v) is 3.92. The van der Waals surface area contributed by atoms with E-state index in [0.29, 0.717) is 0 Å². The van der Waals surface area contributed by atoms with Crippen LogP contribution in [0.15, 0.2) is 30.3 Å². The predicted molar refractivity (Wildman–Crippen MR) is 58.3 cm³/mol. The van der Waals surface area contributed by atoms with E-state index in [1.165, 1.54) is 25.9 Å². The molecule has 2 bridgehead atoms. The largest absolute Gasteiger partial charge is 0.316 e. The molecule has 1 aromatic carbocycles. The van der Waals surface area contributed by atoms with Gasteiger partial charge in [-0.2, -0.15) is 0 Å².